The zero-order valence-corrected chi connectivity index (χ0v) is 17.4. The van der Waals surface area contributed by atoms with Gasteiger partial charge in [-0.25, -0.2) is 4.79 Å². The molecule has 0 saturated carbocycles. The van der Waals surface area contributed by atoms with Gasteiger partial charge in [0.25, 0.3) is 0 Å². The predicted molar refractivity (Wildman–Crippen MR) is 116 cm³/mol. The lowest BCUT2D eigenvalue weighted by molar-refractivity contribution is 0.120. The number of nitrogens with zero attached hydrogens (tertiary/aromatic N) is 1. The Hall–Kier alpha value is -2.55. The maximum absolute atomic E-state index is 12.0. The fraction of sp³-hybridized carbons (Fsp3) is 0.400. The number of hydrogen-bond donors (Lipinski definition) is 0. The normalized spacial score (nSPS) is 20.5. The maximum atomic E-state index is 12.0. The Morgan fingerprint density at radius 3 is 2.61 bits per heavy atom. The molecule has 0 aromatic heterocycles. The Labute approximate surface area is 169 Å². The van der Waals surface area contributed by atoms with Crippen LogP contribution in [0, 0.1) is 12.8 Å². The monoisotopic (exact) mass is 377 g/mol. The summed E-state index contributed by atoms with van der Waals surface area (Å²) in [7, 11) is 1.80. The minimum atomic E-state index is -0.284. The Bertz CT molecular complexity index is 857. The van der Waals surface area contributed by atoms with Gasteiger partial charge >= 0.3 is 6.09 Å². The van der Waals surface area contributed by atoms with Crippen LogP contribution in [0.2, 0.25) is 0 Å². The third kappa shape index (κ3) is 4.14. The molecular weight excluding hydrogens is 346 g/mol. The van der Waals surface area contributed by atoms with Gasteiger partial charge in [0.1, 0.15) is 6.61 Å². The molecule has 2 aromatic carbocycles. The fourth-order valence-electron chi connectivity index (χ4n) is 4.31. The van der Waals surface area contributed by atoms with Crippen LogP contribution in [-0.2, 0) is 4.74 Å². The number of ether oxygens (including phenoxy) is 1. The molecule has 0 aliphatic heterocycles. The molecular formula is C25H31NO2. The molecule has 1 aliphatic rings. The lowest BCUT2D eigenvalue weighted by Crippen LogP contribution is -2.29. The zero-order valence-electron chi connectivity index (χ0n) is 17.4. The topological polar surface area (TPSA) is 29.5 Å². The van der Waals surface area contributed by atoms with Crippen LogP contribution in [0.25, 0.3) is 11.1 Å². The number of carbonyl (C=O) groups is 1. The van der Waals surface area contributed by atoms with Crippen LogP contribution in [0.5, 0.6) is 0 Å². The molecule has 2 unspecified atom stereocenters. The lowest BCUT2D eigenvalue weighted by atomic mass is 9.87. The van der Waals surface area contributed by atoms with E-state index in [9.17, 15) is 4.79 Å². The van der Waals surface area contributed by atoms with Gasteiger partial charge in [-0.15, -0.1) is 0 Å². The quantitative estimate of drug-likeness (QED) is 0.566. The molecule has 28 heavy (non-hydrogen) atoms. The molecule has 1 amide bonds. The number of fused-ring (bicyclic) bond motifs is 1. The number of hydrogen-bond acceptors (Lipinski definition) is 2. The summed E-state index contributed by atoms with van der Waals surface area (Å²) in [6.07, 6.45) is 2.25. The molecule has 0 saturated heterocycles. The van der Waals surface area contributed by atoms with E-state index in [-0.39, 0.29) is 12.7 Å². The van der Waals surface area contributed by atoms with Gasteiger partial charge in [0, 0.05) is 13.6 Å². The molecule has 3 heteroatoms. The molecule has 3 atom stereocenters. The van der Waals surface area contributed by atoms with Crippen molar-refractivity contribution in [3.05, 3.63) is 71.8 Å². The third-order valence-electron chi connectivity index (χ3n) is 6.16. The highest BCUT2D eigenvalue weighted by Gasteiger charge is 2.35. The predicted octanol–water partition coefficient (Wildman–Crippen LogP) is 6.14. The molecule has 0 bridgehead atoms. The van der Waals surface area contributed by atoms with Gasteiger partial charge in [-0.3, -0.25) is 0 Å². The van der Waals surface area contributed by atoms with Crippen LogP contribution in [0.1, 0.15) is 48.8 Å². The van der Waals surface area contributed by atoms with E-state index in [2.05, 4.69) is 69.8 Å². The second-order valence-corrected chi connectivity index (χ2v) is 8.04. The van der Waals surface area contributed by atoms with E-state index in [1.54, 1.807) is 18.0 Å². The van der Waals surface area contributed by atoms with E-state index in [0.717, 1.165) is 6.42 Å². The van der Waals surface area contributed by atoms with Crippen molar-refractivity contribution >= 4 is 6.09 Å². The van der Waals surface area contributed by atoms with Crippen LogP contribution in [0.15, 0.2) is 55.1 Å². The van der Waals surface area contributed by atoms with Crippen molar-refractivity contribution in [3.63, 3.8) is 0 Å². The summed E-state index contributed by atoms with van der Waals surface area (Å²) in [4.78, 5) is 13.6. The van der Waals surface area contributed by atoms with Crippen LogP contribution >= 0.6 is 0 Å². The minimum Gasteiger partial charge on any atom is -0.445 e. The number of aryl methyl sites for hydroxylation is 1. The van der Waals surface area contributed by atoms with Crippen LogP contribution in [-0.4, -0.2) is 31.2 Å². The largest absolute Gasteiger partial charge is 0.445 e. The van der Waals surface area contributed by atoms with Gasteiger partial charge in [0.15, 0.2) is 0 Å². The summed E-state index contributed by atoms with van der Waals surface area (Å²) in [6.45, 7) is 11.3. The maximum Gasteiger partial charge on any atom is 0.409 e. The number of amides is 1. The second-order valence-electron chi connectivity index (χ2n) is 8.04. The first-order valence-corrected chi connectivity index (χ1v) is 10.1. The van der Waals surface area contributed by atoms with E-state index in [0.29, 0.717) is 24.3 Å². The first-order chi connectivity index (χ1) is 13.4. The van der Waals surface area contributed by atoms with Gasteiger partial charge in [-0.05, 0) is 53.4 Å². The first-order valence-electron chi connectivity index (χ1n) is 10.1. The van der Waals surface area contributed by atoms with Gasteiger partial charge < -0.3 is 9.64 Å². The molecule has 0 fully saturated rings. The standard InChI is InChI=1S/C25H31NO2/c1-6-14-28-25(27)26(5)13-12-22-18(3)19(4)24-16-21(10-11-23(22)24)20-9-7-8-17(2)15-20/h6-11,15-16,18-19,22H,1,12-14H2,2-5H3/t18-,19?,22?/m1/s1. The van der Waals surface area contributed by atoms with Crippen molar-refractivity contribution in [2.24, 2.45) is 5.92 Å². The summed E-state index contributed by atoms with van der Waals surface area (Å²) in [5, 5.41) is 0. The Morgan fingerprint density at radius 2 is 1.89 bits per heavy atom. The van der Waals surface area contributed by atoms with Gasteiger partial charge in [0.05, 0.1) is 0 Å². The van der Waals surface area contributed by atoms with E-state index < -0.39 is 0 Å². The molecule has 0 heterocycles. The summed E-state index contributed by atoms with van der Waals surface area (Å²) >= 11 is 0. The lowest BCUT2D eigenvalue weighted by Gasteiger charge is -2.23. The van der Waals surface area contributed by atoms with Crippen molar-refractivity contribution in [1.29, 1.82) is 0 Å². The first kappa shape index (κ1) is 20.2. The molecule has 3 rings (SSSR count). The van der Waals surface area contributed by atoms with E-state index >= 15 is 0 Å². The smallest absolute Gasteiger partial charge is 0.409 e. The number of carbonyl (C=O) groups excluding carboxylic acids is 1. The van der Waals surface area contributed by atoms with E-state index in [4.69, 9.17) is 4.74 Å². The van der Waals surface area contributed by atoms with Gasteiger partial charge in [0.2, 0.25) is 0 Å². The van der Waals surface area contributed by atoms with Crippen LogP contribution in [0.4, 0.5) is 4.79 Å². The molecule has 0 radical (unpaired) electrons. The molecule has 1 aliphatic carbocycles. The SMILES string of the molecule is C=CCOC(=O)N(C)CCC1c2ccc(-c3cccc(C)c3)cc2C(C)[C@H]1C. The van der Waals surface area contributed by atoms with Crippen molar-refractivity contribution in [1.82, 2.24) is 4.90 Å². The van der Waals surface area contributed by atoms with Crippen molar-refractivity contribution in [3.8, 4) is 11.1 Å². The van der Waals surface area contributed by atoms with Crippen LogP contribution in [0.3, 0.4) is 0 Å². The molecule has 0 N–H and O–H groups in total. The van der Waals surface area contributed by atoms with E-state index in [1.165, 1.54) is 27.8 Å². The highest BCUT2D eigenvalue weighted by atomic mass is 16.6. The molecule has 0 spiro atoms. The summed E-state index contributed by atoms with van der Waals surface area (Å²) in [5.74, 6) is 1.54. The third-order valence-corrected chi connectivity index (χ3v) is 6.16. The summed E-state index contributed by atoms with van der Waals surface area (Å²) in [6, 6.07) is 15.6. The summed E-state index contributed by atoms with van der Waals surface area (Å²) < 4.78 is 5.13. The number of benzene rings is 2. The number of rotatable bonds is 6. The molecule has 148 valence electrons. The van der Waals surface area contributed by atoms with Crippen molar-refractivity contribution in [2.45, 2.75) is 39.0 Å². The fourth-order valence-corrected chi connectivity index (χ4v) is 4.31. The minimum absolute atomic E-state index is 0.255. The molecule has 3 nitrogen and oxygen atoms in total. The Morgan fingerprint density at radius 1 is 1.14 bits per heavy atom. The van der Waals surface area contributed by atoms with Crippen molar-refractivity contribution < 1.29 is 9.53 Å². The van der Waals surface area contributed by atoms with E-state index in [1.807, 2.05) is 0 Å². The molecule has 2 aromatic rings. The highest BCUT2D eigenvalue weighted by molar-refractivity contribution is 5.68. The second kappa shape index (κ2) is 8.64. The average molecular weight is 378 g/mol. The average Bonchev–Trinajstić information content (AvgIpc) is 2.94. The van der Waals surface area contributed by atoms with Gasteiger partial charge in [-0.1, -0.05) is 74.5 Å². The highest BCUT2D eigenvalue weighted by Crippen LogP contribution is 2.48. The Kier molecular flexibility index (Phi) is 6.23. The Balaban J connectivity index is 1.76. The zero-order chi connectivity index (χ0) is 20.3. The van der Waals surface area contributed by atoms with Crippen molar-refractivity contribution in [2.75, 3.05) is 20.2 Å². The van der Waals surface area contributed by atoms with Gasteiger partial charge in [-0.2, -0.15) is 0 Å². The van der Waals surface area contributed by atoms with Crippen LogP contribution < -0.4 is 0 Å². The summed E-state index contributed by atoms with van der Waals surface area (Å²) in [5.41, 5.74) is 6.73.